The summed E-state index contributed by atoms with van der Waals surface area (Å²) in [5.41, 5.74) is 2.91. The van der Waals surface area contributed by atoms with Gasteiger partial charge in [0.2, 0.25) is 5.91 Å². The van der Waals surface area contributed by atoms with Gasteiger partial charge in [0.1, 0.15) is 5.69 Å². The quantitative estimate of drug-likeness (QED) is 0.255. The van der Waals surface area contributed by atoms with Crippen molar-refractivity contribution in [3.05, 3.63) is 90.0 Å². The maximum absolute atomic E-state index is 12.7. The number of anilines is 1. The summed E-state index contributed by atoms with van der Waals surface area (Å²) in [6, 6.07) is 23.4. The van der Waals surface area contributed by atoms with Gasteiger partial charge in [-0.25, -0.2) is 14.6 Å². The Kier molecular flexibility index (Phi) is 7.82. The highest BCUT2D eigenvalue weighted by molar-refractivity contribution is 7.99. The normalized spacial score (nSPS) is 10.5. The Hall–Kier alpha value is -4.37. The zero-order chi connectivity index (χ0) is 25.5. The number of nitrogens with one attached hydrogen (secondary N) is 1. The van der Waals surface area contributed by atoms with Crippen LogP contribution in [0.3, 0.4) is 0 Å². The van der Waals surface area contributed by atoms with E-state index in [-0.39, 0.29) is 28.5 Å². The van der Waals surface area contributed by atoms with Crippen molar-refractivity contribution < 1.29 is 28.3 Å². The molecule has 1 amide bonds. The third-order valence-corrected chi connectivity index (χ3v) is 5.90. The van der Waals surface area contributed by atoms with Gasteiger partial charge in [0.15, 0.2) is 5.76 Å². The molecule has 1 N–H and O–H groups in total. The minimum absolute atomic E-state index is 0.0149. The zero-order valence-corrected chi connectivity index (χ0v) is 20.3. The Morgan fingerprint density at radius 2 is 1.39 bits per heavy atom. The van der Waals surface area contributed by atoms with Crippen LogP contribution in [0.5, 0.6) is 0 Å². The van der Waals surface area contributed by atoms with Crippen molar-refractivity contribution in [3.63, 3.8) is 0 Å². The molecule has 1 aromatic heterocycles. The van der Waals surface area contributed by atoms with Gasteiger partial charge >= 0.3 is 11.9 Å². The number of hydrogen-bond acceptors (Lipinski definition) is 8. The SMILES string of the molecule is COC(=O)c1cc(NC(=O)CSc2nc(-c3ccccc3)c(-c3ccccc3)o2)cc(C(=O)OC)c1. The second kappa shape index (κ2) is 11.4. The summed E-state index contributed by atoms with van der Waals surface area (Å²) in [6.45, 7) is 0. The van der Waals surface area contributed by atoms with Gasteiger partial charge in [-0.1, -0.05) is 72.4 Å². The van der Waals surface area contributed by atoms with Gasteiger partial charge in [0.05, 0.1) is 31.1 Å². The zero-order valence-electron chi connectivity index (χ0n) is 19.5. The number of hydrogen-bond donors (Lipinski definition) is 1. The average molecular weight is 503 g/mol. The number of amides is 1. The Morgan fingerprint density at radius 3 is 1.94 bits per heavy atom. The minimum atomic E-state index is -0.646. The number of nitrogens with zero attached hydrogens (tertiary/aromatic N) is 1. The van der Waals surface area contributed by atoms with Crippen molar-refractivity contribution in [3.8, 4) is 22.6 Å². The second-order valence-electron chi connectivity index (χ2n) is 7.51. The van der Waals surface area contributed by atoms with E-state index in [1.165, 1.54) is 32.4 Å². The summed E-state index contributed by atoms with van der Waals surface area (Å²) in [5.74, 6) is -1.07. The molecule has 4 aromatic rings. The van der Waals surface area contributed by atoms with Crippen LogP contribution in [-0.2, 0) is 14.3 Å². The van der Waals surface area contributed by atoms with E-state index in [0.29, 0.717) is 16.7 Å². The molecule has 0 aliphatic rings. The van der Waals surface area contributed by atoms with Crippen LogP contribution in [0.1, 0.15) is 20.7 Å². The van der Waals surface area contributed by atoms with Crippen LogP contribution in [0.4, 0.5) is 5.69 Å². The molecule has 0 aliphatic carbocycles. The van der Waals surface area contributed by atoms with Crippen LogP contribution in [0.25, 0.3) is 22.6 Å². The highest BCUT2D eigenvalue weighted by Crippen LogP contribution is 2.35. The van der Waals surface area contributed by atoms with Crippen LogP contribution in [0, 0.1) is 0 Å². The molecule has 4 rings (SSSR count). The predicted molar refractivity (Wildman–Crippen MR) is 136 cm³/mol. The Morgan fingerprint density at radius 1 is 0.833 bits per heavy atom. The summed E-state index contributed by atoms with van der Waals surface area (Å²) in [6.07, 6.45) is 0. The molecule has 0 saturated carbocycles. The molecule has 0 bridgehead atoms. The summed E-state index contributed by atoms with van der Waals surface area (Å²) in [7, 11) is 2.46. The molecule has 0 radical (unpaired) electrons. The maximum Gasteiger partial charge on any atom is 0.337 e. The van der Waals surface area contributed by atoms with E-state index < -0.39 is 11.9 Å². The molecule has 9 heteroatoms. The van der Waals surface area contributed by atoms with Gasteiger partial charge in [0.25, 0.3) is 5.22 Å². The summed E-state index contributed by atoms with van der Waals surface area (Å²) in [5, 5.41) is 3.03. The number of aromatic nitrogens is 1. The van der Waals surface area contributed by atoms with Crippen molar-refractivity contribution in [2.45, 2.75) is 5.22 Å². The average Bonchev–Trinajstić information content (AvgIpc) is 3.36. The van der Waals surface area contributed by atoms with Gasteiger partial charge in [-0.3, -0.25) is 4.79 Å². The van der Waals surface area contributed by atoms with Crippen molar-refractivity contribution in [2.24, 2.45) is 0 Å². The van der Waals surface area contributed by atoms with E-state index in [1.54, 1.807) is 0 Å². The van der Waals surface area contributed by atoms with Crippen LogP contribution in [-0.4, -0.2) is 42.8 Å². The lowest BCUT2D eigenvalue weighted by Crippen LogP contribution is -2.16. The van der Waals surface area contributed by atoms with E-state index >= 15 is 0 Å². The van der Waals surface area contributed by atoms with Crippen molar-refractivity contribution in [2.75, 3.05) is 25.3 Å². The monoisotopic (exact) mass is 502 g/mol. The topological polar surface area (TPSA) is 108 Å². The van der Waals surface area contributed by atoms with E-state index in [4.69, 9.17) is 13.9 Å². The first-order valence-electron chi connectivity index (χ1n) is 10.8. The van der Waals surface area contributed by atoms with Crippen LogP contribution >= 0.6 is 11.8 Å². The fourth-order valence-electron chi connectivity index (χ4n) is 3.43. The molecule has 0 aliphatic heterocycles. The number of carbonyl (C=O) groups excluding carboxylic acids is 3. The Balaban J connectivity index is 1.53. The largest absolute Gasteiger partial charge is 0.465 e. The molecule has 0 spiro atoms. The summed E-state index contributed by atoms with van der Waals surface area (Å²) < 4.78 is 15.5. The first kappa shape index (κ1) is 24.7. The number of thioether (sulfide) groups is 1. The first-order chi connectivity index (χ1) is 17.5. The fourth-order valence-corrected chi connectivity index (χ4v) is 4.06. The highest BCUT2D eigenvalue weighted by atomic mass is 32.2. The highest BCUT2D eigenvalue weighted by Gasteiger charge is 2.19. The molecule has 0 atom stereocenters. The molecule has 1 heterocycles. The minimum Gasteiger partial charge on any atom is -0.465 e. The van der Waals surface area contributed by atoms with Crippen LogP contribution < -0.4 is 5.32 Å². The molecular formula is C27H22N2O6S. The molecule has 3 aromatic carbocycles. The van der Waals surface area contributed by atoms with Crippen LogP contribution in [0.2, 0.25) is 0 Å². The van der Waals surface area contributed by atoms with E-state index in [0.717, 1.165) is 22.9 Å². The Labute approximate surface area is 211 Å². The molecule has 8 nitrogen and oxygen atoms in total. The summed E-state index contributed by atoms with van der Waals surface area (Å²) >= 11 is 1.13. The predicted octanol–water partition coefficient (Wildman–Crippen LogP) is 5.31. The number of esters is 2. The lowest BCUT2D eigenvalue weighted by atomic mass is 10.1. The first-order valence-corrected chi connectivity index (χ1v) is 11.8. The molecule has 0 unspecified atom stereocenters. The standard InChI is InChI=1S/C27H22N2O6S/c1-33-25(31)19-13-20(26(32)34-2)15-21(14-19)28-22(30)16-36-27-29-23(17-9-5-3-6-10-17)24(35-27)18-11-7-4-8-12-18/h3-15H,16H2,1-2H3,(H,28,30). The number of rotatable bonds is 8. The smallest absolute Gasteiger partial charge is 0.337 e. The molecule has 36 heavy (non-hydrogen) atoms. The Bertz CT molecular complexity index is 1290. The second-order valence-corrected chi connectivity index (χ2v) is 8.44. The third-order valence-electron chi connectivity index (χ3n) is 5.08. The number of benzene rings is 3. The van der Waals surface area contributed by atoms with Gasteiger partial charge in [-0.05, 0) is 18.2 Å². The fraction of sp³-hybridized carbons (Fsp3) is 0.111. The van der Waals surface area contributed by atoms with Gasteiger partial charge in [0, 0.05) is 16.8 Å². The number of methoxy groups -OCH3 is 2. The van der Waals surface area contributed by atoms with Gasteiger partial charge in [-0.2, -0.15) is 0 Å². The molecule has 0 fully saturated rings. The number of ether oxygens (including phenoxy) is 2. The lowest BCUT2D eigenvalue weighted by molar-refractivity contribution is -0.113. The number of oxazole rings is 1. The van der Waals surface area contributed by atoms with E-state index in [1.807, 2.05) is 60.7 Å². The third kappa shape index (κ3) is 5.81. The molecular weight excluding hydrogens is 480 g/mol. The van der Waals surface area contributed by atoms with E-state index in [9.17, 15) is 14.4 Å². The molecule has 182 valence electrons. The maximum atomic E-state index is 12.7. The van der Waals surface area contributed by atoms with Crippen molar-refractivity contribution in [1.82, 2.24) is 4.98 Å². The van der Waals surface area contributed by atoms with Gasteiger partial charge in [-0.15, -0.1) is 0 Å². The van der Waals surface area contributed by atoms with Gasteiger partial charge < -0.3 is 19.2 Å². The lowest BCUT2D eigenvalue weighted by Gasteiger charge is -2.09. The van der Waals surface area contributed by atoms with Crippen LogP contribution in [0.15, 0.2) is 88.5 Å². The van der Waals surface area contributed by atoms with E-state index in [2.05, 4.69) is 10.3 Å². The summed E-state index contributed by atoms with van der Waals surface area (Å²) in [4.78, 5) is 41.3. The molecule has 0 saturated heterocycles. The van der Waals surface area contributed by atoms with Crippen molar-refractivity contribution >= 4 is 35.3 Å². The number of carbonyl (C=O) groups is 3. The van der Waals surface area contributed by atoms with Crippen molar-refractivity contribution in [1.29, 1.82) is 0 Å².